The Balaban J connectivity index is 0. The number of esters is 2. The molecule has 0 fully saturated rings. The number of halogens is 1. The van der Waals surface area contributed by atoms with Gasteiger partial charge in [0.15, 0.2) is 0 Å². The number of hydrogen-bond acceptors (Lipinski definition) is 6. The average Bonchev–Trinajstić information content (AvgIpc) is 2.29. The van der Waals surface area contributed by atoms with E-state index >= 15 is 0 Å². The molecule has 2 unspecified atom stereocenters. The molecule has 0 aliphatic carbocycles. The highest BCUT2D eigenvalue weighted by molar-refractivity contribution is 5.85. The second-order valence-electron chi connectivity index (χ2n) is 3.65. The van der Waals surface area contributed by atoms with Crippen molar-refractivity contribution >= 4 is 24.3 Å². The Bertz CT molecular complexity index is 227. The first-order valence-corrected chi connectivity index (χ1v) is 5.87. The Hall–Kier alpha value is -0.850. The van der Waals surface area contributed by atoms with Gasteiger partial charge in [-0.1, -0.05) is 0 Å². The molecule has 0 aliphatic heterocycles. The van der Waals surface area contributed by atoms with Crippen LogP contribution in [0.1, 0.15) is 33.1 Å². The lowest BCUT2D eigenvalue weighted by Crippen LogP contribution is -2.35. The van der Waals surface area contributed by atoms with E-state index in [1.54, 1.807) is 13.8 Å². The van der Waals surface area contributed by atoms with Gasteiger partial charge in [0, 0.05) is 0 Å². The van der Waals surface area contributed by atoms with E-state index in [0.29, 0.717) is 32.5 Å². The van der Waals surface area contributed by atoms with Crippen LogP contribution in [0.15, 0.2) is 0 Å². The fourth-order valence-corrected chi connectivity index (χ4v) is 1.29. The Morgan fingerprint density at radius 1 is 0.944 bits per heavy atom. The molecule has 6 nitrogen and oxygen atoms in total. The lowest BCUT2D eigenvalue weighted by Gasteiger charge is -2.12. The van der Waals surface area contributed by atoms with Crippen molar-refractivity contribution in [1.29, 1.82) is 0 Å². The van der Waals surface area contributed by atoms with Crippen LogP contribution in [0, 0.1) is 0 Å². The molecule has 0 radical (unpaired) electrons. The molecule has 108 valence electrons. The van der Waals surface area contributed by atoms with Crippen LogP contribution in [0.4, 0.5) is 0 Å². The smallest absolute Gasteiger partial charge is 0.322 e. The first-order valence-electron chi connectivity index (χ1n) is 5.87. The van der Waals surface area contributed by atoms with Gasteiger partial charge >= 0.3 is 11.9 Å². The van der Waals surface area contributed by atoms with E-state index in [0.717, 1.165) is 0 Å². The normalized spacial score (nSPS) is 13.1. The zero-order chi connectivity index (χ0) is 13.3. The van der Waals surface area contributed by atoms with Crippen molar-refractivity contribution in [2.24, 2.45) is 11.5 Å². The standard InChI is InChI=1S/C11H22N2O4.ClH/c1-3-16-10(14)8(12)6-5-7-9(13)11(15)17-4-2;/h8-9H,3-7,12-13H2,1-2H3;1H. The molecule has 0 amide bonds. The van der Waals surface area contributed by atoms with Gasteiger partial charge in [-0.3, -0.25) is 9.59 Å². The lowest BCUT2D eigenvalue weighted by molar-refractivity contribution is -0.145. The summed E-state index contributed by atoms with van der Waals surface area (Å²) in [5.74, 6) is -0.839. The fraction of sp³-hybridized carbons (Fsp3) is 0.818. The topological polar surface area (TPSA) is 105 Å². The van der Waals surface area contributed by atoms with Crippen molar-refractivity contribution in [3.8, 4) is 0 Å². The Kier molecular flexibility index (Phi) is 12.2. The van der Waals surface area contributed by atoms with Gasteiger partial charge in [0.05, 0.1) is 13.2 Å². The molecule has 18 heavy (non-hydrogen) atoms. The van der Waals surface area contributed by atoms with Crippen LogP contribution in [0.5, 0.6) is 0 Å². The maximum Gasteiger partial charge on any atom is 0.322 e. The molecular formula is C11H23ClN2O4. The van der Waals surface area contributed by atoms with E-state index in [2.05, 4.69) is 0 Å². The molecule has 2 atom stereocenters. The minimum atomic E-state index is -0.649. The summed E-state index contributed by atoms with van der Waals surface area (Å²) in [7, 11) is 0. The molecule has 0 saturated carbocycles. The van der Waals surface area contributed by atoms with Gasteiger partial charge in [-0.15, -0.1) is 12.4 Å². The monoisotopic (exact) mass is 282 g/mol. The molecule has 0 heterocycles. The predicted octanol–water partition coefficient (Wildman–Crippen LogP) is 0.359. The average molecular weight is 283 g/mol. The minimum absolute atomic E-state index is 0. The summed E-state index contributed by atoms with van der Waals surface area (Å²) in [6, 6.07) is -1.30. The largest absolute Gasteiger partial charge is 0.465 e. The highest BCUT2D eigenvalue weighted by atomic mass is 35.5. The van der Waals surface area contributed by atoms with Crippen molar-refractivity contribution < 1.29 is 19.1 Å². The van der Waals surface area contributed by atoms with Crippen LogP contribution in [0.3, 0.4) is 0 Å². The molecule has 0 spiro atoms. The summed E-state index contributed by atoms with van der Waals surface area (Å²) in [6.07, 6.45) is 1.48. The van der Waals surface area contributed by atoms with Crippen molar-refractivity contribution in [2.75, 3.05) is 13.2 Å². The molecule has 0 aromatic heterocycles. The fourth-order valence-electron chi connectivity index (χ4n) is 1.29. The van der Waals surface area contributed by atoms with Gasteiger partial charge in [-0.05, 0) is 33.1 Å². The maximum absolute atomic E-state index is 11.2. The highest BCUT2D eigenvalue weighted by Gasteiger charge is 2.17. The van der Waals surface area contributed by atoms with Crippen LogP contribution in [-0.2, 0) is 19.1 Å². The summed E-state index contributed by atoms with van der Waals surface area (Å²) in [6.45, 7) is 4.08. The molecule has 7 heteroatoms. The van der Waals surface area contributed by atoms with Crippen molar-refractivity contribution in [1.82, 2.24) is 0 Å². The van der Waals surface area contributed by atoms with Crippen LogP contribution in [0.25, 0.3) is 0 Å². The van der Waals surface area contributed by atoms with Crippen LogP contribution >= 0.6 is 12.4 Å². The van der Waals surface area contributed by atoms with E-state index in [1.807, 2.05) is 0 Å². The second kappa shape index (κ2) is 11.3. The van der Waals surface area contributed by atoms with Crippen LogP contribution in [-0.4, -0.2) is 37.2 Å². The van der Waals surface area contributed by atoms with Crippen molar-refractivity contribution in [3.05, 3.63) is 0 Å². The highest BCUT2D eigenvalue weighted by Crippen LogP contribution is 2.04. The van der Waals surface area contributed by atoms with Gasteiger partial charge < -0.3 is 20.9 Å². The molecule has 0 rings (SSSR count). The van der Waals surface area contributed by atoms with Crippen LogP contribution < -0.4 is 11.5 Å². The third-order valence-corrected chi connectivity index (χ3v) is 2.21. The molecule has 0 bridgehead atoms. The predicted molar refractivity (Wildman–Crippen MR) is 70.3 cm³/mol. The first kappa shape index (κ1) is 19.5. The number of rotatable bonds is 8. The SMILES string of the molecule is CCOC(=O)C(N)CCCC(N)C(=O)OCC.Cl. The number of carbonyl (C=O) groups is 2. The third-order valence-electron chi connectivity index (χ3n) is 2.21. The maximum atomic E-state index is 11.2. The van der Waals surface area contributed by atoms with E-state index in [-0.39, 0.29) is 12.4 Å². The van der Waals surface area contributed by atoms with Gasteiger partial charge in [0.2, 0.25) is 0 Å². The van der Waals surface area contributed by atoms with Gasteiger partial charge in [-0.25, -0.2) is 0 Å². The van der Waals surface area contributed by atoms with Crippen molar-refractivity contribution in [3.63, 3.8) is 0 Å². The molecule has 0 saturated heterocycles. The number of ether oxygens (including phenoxy) is 2. The molecule has 0 aromatic carbocycles. The summed E-state index contributed by atoms with van der Waals surface area (Å²) in [4.78, 5) is 22.4. The number of hydrogen-bond donors (Lipinski definition) is 2. The summed E-state index contributed by atoms with van der Waals surface area (Å²) >= 11 is 0. The Labute approximate surface area is 114 Å². The Morgan fingerprint density at radius 3 is 1.56 bits per heavy atom. The zero-order valence-electron chi connectivity index (χ0n) is 10.9. The zero-order valence-corrected chi connectivity index (χ0v) is 11.7. The number of carbonyl (C=O) groups excluding carboxylic acids is 2. The molecule has 4 N–H and O–H groups in total. The van der Waals surface area contributed by atoms with E-state index < -0.39 is 24.0 Å². The quantitative estimate of drug-likeness (QED) is 0.623. The minimum Gasteiger partial charge on any atom is -0.465 e. The summed E-state index contributed by atoms with van der Waals surface area (Å²) in [5.41, 5.74) is 11.2. The lowest BCUT2D eigenvalue weighted by atomic mass is 10.1. The number of nitrogens with two attached hydrogens (primary N) is 2. The van der Waals surface area contributed by atoms with Gasteiger partial charge in [-0.2, -0.15) is 0 Å². The Morgan fingerprint density at radius 2 is 1.28 bits per heavy atom. The summed E-state index contributed by atoms with van der Waals surface area (Å²) in [5, 5.41) is 0. The van der Waals surface area contributed by atoms with Gasteiger partial charge in [0.25, 0.3) is 0 Å². The molecular weight excluding hydrogens is 260 g/mol. The van der Waals surface area contributed by atoms with Crippen LogP contribution in [0.2, 0.25) is 0 Å². The van der Waals surface area contributed by atoms with E-state index in [9.17, 15) is 9.59 Å². The third kappa shape index (κ3) is 8.27. The van der Waals surface area contributed by atoms with Gasteiger partial charge in [0.1, 0.15) is 12.1 Å². The first-order chi connectivity index (χ1) is 8.02. The van der Waals surface area contributed by atoms with E-state index in [4.69, 9.17) is 20.9 Å². The van der Waals surface area contributed by atoms with E-state index in [1.165, 1.54) is 0 Å². The molecule has 0 aliphatic rings. The van der Waals surface area contributed by atoms with Crippen molar-refractivity contribution in [2.45, 2.75) is 45.2 Å². The summed E-state index contributed by atoms with van der Waals surface area (Å²) < 4.78 is 9.52. The second-order valence-corrected chi connectivity index (χ2v) is 3.65. The molecule has 0 aromatic rings.